The van der Waals surface area contributed by atoms with Crippen molar-refractivity contribution in [2.75, 3.05) is 0 Å². The third-order valence-corrected chi connectivity index (χ3v) is 8.40. The van der Waals surface area contributed by atoms with Crippen LogP contribution in [-0.4, -0.2) is 43.1 Å². The number of aromatic nitrogens is 2. The average Bonchev–Trinajstić information content (AvgIpc) is 3.38. The Morgan fingerprint density at radius 3 is 1.20 bits per heavy atom. The van der Waals surface area contributed by atoms with E-state index in [2.05, 4.69) is 43.2 Å². The van der Waals surface area contributed by atoms with Gasteiger partial charge in [-0.3, -0.25) is 9.13 Å². The maximum absolute atomic E-state index is 2.99. The molecule has 0 N–H and O–H groups in total. The van der Waals surface area contributed by atoms with Crippen LogP contribution in [0.4, 0.5) is 0 Å². The third-order valence-electron chi connectivity index (χ3n) is 8.40. The van der Waals surface area contributed by atoms with Gasteiger partial charge in [-0.15, -0.1) is 0 Å². The molecule has 4 unspecified atom stereocenters. The SMILES string of the molecule is c1cc2n3c1CC1CCC4Cc5ccc6n5C3(N14)N1C(CCC1C6)C2. The lowest BCUT2D eigenvalue weighted by Gasteiger charge is -2.65. The Balaban J connectivity index is 1.58. The van der Waals surface area contributed by atoms with Gasteiger partial charge in [0.1, 0.15) is 0 Å². The Morgan fingerprint density at radius 1 is 0.560 bits per heavy atom. The molecule has 128 valence electrons. The summed E-state index contributed by atoms with van der Waals surface area (Å²) in [5.74, 6) is -0.0347. The molecule has 25 heavy (non-hydrogen) atoms. The topological polar surface area (TPSA) is 16.3 Å². The van der Waals surface area contributed by atoms with Crippen molar-refractivity contribution < 1.29 is 0 Å². The van der Waals surface area contributed by atoms with Crippen molar-refractivity contribution >= 4 is 0 Å². The maximum Gasteiger partial charge on any atom is 0.243 e. The highest BCUT2D eigenvalue weighted by Gasteiger charge is 2.66. The molecular weight excluding hydrogens is 308 g/mol. The largest absolute Gasteiger partial charge is 0.299 e. The van der Waals surface area contributed by atoms with Crippen molar-refractivity contribution in [3.05, 3.63) is 47.0 Å². The van der Waals surface area contributed by atoms with Crippen molar-refractivity contribution in [3.8, 4) is 0 Å². The van der Waals surface area contributed by atoms with E-state index in [-0.39, 0.29) is 5.91 Å². The summed E-state index contributed by atoms with van der Waals surface area (Å²) >= 11 is 0. The standard InChI is InChI=1S/C21H24N4/c1-2-14-10-16-5-6-18-12-20-8-7-19-11-17-4-3-15-9-13(1)22(14)21(23(15)17,24(16)18)25(19)20/h1-2,7-8,15-18H,3-6,9-12H2. The van der Waals surface area contributed by atoms with E-state index < -0.39 is 0 Å². The van der Waals surface area contributed by atoms with E-state index in [1.165, 1.54) is 51.4 Å². The van der Waals surface area contributed by atoms with Gasteiger partial charge >= 0.3 is 0 Å². The first kappa shape index (κ1) is 12.8. The minimum atomic E-state index is -0.0347. The summed E-state index contributed by atoms with van der Waals surface area (Å²) in [6.45, 7) is 0. The molecule has 2 aromatic heterocycles. The molecule has 4 heteroatoms. The van der Waals surface area contributed by atoms with Crippen LogP contribution in [0, 0.1) is 0 Å². The summed E-state index contributed by atoms with van der Waals surface area (Å²) in [4.78, 5) is 5.98. The fourth-order valence-electron chi connectivity index (χ4n) is 7.82. The van der Waals surface area contributed by atoms with Gasteiger partial charge in [0.15, 0.2) is 0 Å². The van der Waals surface area contributed by atoms with Crippen LogP contribution in [0.5, 0.6) is 0 Å². The van der Waals surface area contributed by atoms with E-state index in [0.29, 0.717) is 0 Å². The van der Waals surface area contributed by atoms with Crippen molar-refractivity contribution in [1.82, 2.24) is 18.9 Å². The predicted octanol–water partition coefficient (Wildman–Crippen LogP) is 2.30. The Hall–Kier alpha value is -1.52. The molecule has 4 atom stereocenters. The van der Waals surface area contributed by atoms with Crippen molar-refractivity contribution in [2.45, 2.75) is 81.4 Å². The highest BCUT2D eigenvalue weighted by molar-refractivity contribution is 5.36. The van der Waals surface area contributed by atoms with Crippen LogP contribution in [0.1, 0.15) is 48.5 Å². The normalized spacial score (nSPS) is 42.6. The van der Waals surface area contributed by atoms with Gasteiger partial charge in [-0.1, -0.05) is 0 Å². The Bertz CT molecular complexity index is 797. The molecule has 0 aromatic carbocycles. The summed E-state index contributed by atoms with van der Waals surface area (Å²) in [5, 5.41) is 0. The van der Waals surface area contributed by atoms with Crippen LogP contribution in [-0.2, 0) is 31.6 Å². The predicted molar refractivity (Wildman–Crippen MR) is 94.4 cm³/mol. The molecule has 0 radical (unpaired) electrons. The quantitative estimate of drug-likeness (QED) is 0.736. The molecule has 6 aliphatic rings. The fraction of sp³-hybridized carbons (Fsp3) is 0.619. The number of hydrogen-bond acceptors (Lipinski definition) is 2. The van der Waals surface area contributed by atoms with E-state index in [1.807, 2.05) is 0 Å². The molecule has 8 rings (SSSR count). The molecule has 0 aliphatic carbocycles. The lowest BCUT2D eigenvalue weighted by Crippen LogP contribution is -2.78. The third kappa shape index (κ3) is 1.15. The van der Waals surface area contributed by atoms with Gasteiger partial charge in [-0.2, -0.15) is 0 Å². The number of nitrogens with zero attached hydrogens (tertiary/aromatic N) is 4. The second kappa shape index (κ2) is 3.77. The fourth-order valence-corrected chi connectivity index (χ4v) is 7.82. The van der Waals surface area contributed by atoms with E-state index in [9.17, 15) is 0 Å². The molecule has 0 saturated carbocycles. The summed E-state index contributed by atoms with van der Waals surface area (Å²) in [7, 11) is 0. The van der Waals surface area contributed by atoms with Crippen LogP contribution < -0.4 is 0 Å². The highest BCUT2D eigenvalue weighted by atomic mass is 15.7. The van der Waals surface area contributed by atoms with E-state index in [4.69, 9.17) is 0 Å². The second-order valence-corrected chi connectivity index (χ2v) is 9.30. The van der Waals surface area contributed by atoms with Crippen LogP contribution >= 0.6 is 0 Å². The van der Waals surface area contributed by atoms with E-state index in [1.54, 1.807) is 22.8 Å². The molecule has 0 amide bonds. The average molecular weight is 332 g/mol. The smallest absolute Gasteiger partial charge is 0.243 e. The van der Waals surface area contributed by atoms with Crippen molar-refractivity contribution in [1.29, 1.82) is 0 Å². The Morgan fingerprint density at radius 2 is 0.880 bits per heavy atom. The first-order valence-corrected chi connectivity index (χ1v) is 10.3. The van der Waals surface area contributed by atoms with Gasteiger partial charge < -0.3 is 0 Å². The maximum atomic E-state index is 2.99. The zero-order valence-corrected chi connectivity index (χ0v) is 14.6. The van der Waals surface area contributed by atoms with Crippen molar-refractivity contribution in [2.24, 2.45) is 0 Å². The number of rotatable bonds is 0. The number of hydrogen-bond donors (Lipinski definition) is 0. The summed E-state index contributed by atoms with van der Waals surface area (Å²) in [6, 6.07) is 12.8. The molecule has 8 heterocycles. The van der Waals surface area contributed by atoms with E-state index >= 15 is 0 Å². The molecule has 1 spiro atoms. The zero-order chi connectivity index (χ0) is 15.9. The van der Waals surface area contributed by atoms with Crippen molar-refractivity contribution in [3.63, 3.8) is 0 Å². The van der Waals surface area contributed by atoms with Gasteiger partial charge in [0.2, 0.25) is 5.91 Å². The highest BCUT2D eigenvalue weighted by Crippen LogP contribution is 2.56. The summed E-state index contributed by atoms with van der Waals surface area (Å²) in [5.41, 5.74) is 6.37. The summed E-state index contributed by atoms with van der Waals surface area (Å²) in [6.07, 6.45) is 10.6. The van der Waals surface area contributed by atoms with Gasteiger partial charge in [0, 0.05) is 72.6 Å². The zero-order valence-electron chi connectivity index (χ0n) is 14.6. The minimum Gasteiger partial charge on any atom is -0.299 e. The van der Waals surface area contributed by atoms with Crippen LogP contribution in [0.2, 0.25) is 0 Å². The van der Waals surface area contributed by atoms with Gasteiger partial charge in [-0.05, 0) is 49.9 Å². The van der Waals surface area contributed by atoms with Gasteiger partial charge in [0.25, 0.3) is 0 Å². The van der Waals surface area contributed by atoms with Gasteiger partial charge in [-0.25, -0.2) is 9.80 Å². The molecule has 2 aromatic rings. The van der Waals surface area contributed by atoms with Crippen LogP contribution in [0.25, 0.3) is 0 Å². The molecule has 0 bridgehead atoms. The molecule has 2 fully saturated rings. The van der Waals surface area contributed by atoms with Crippen LogP contribution in [0.3, 0.4) is 0 Å². The first-order valence-electron chi connectivity index (χ1n) is 10.3. The first-order chi connectivity index (χ1) is 12.4. The molecule has 4 nitrogen and oxygen atoms in total. The molecule has 6 aliphatic heterocycles. The Labute approximate surface area is 148 Å². The van der Waals surface area contributed by atoms with E-state index in [0.717, 1.165) is 24.2 Å². The van der Waals surface area contributed by atoms with Crippen LogP contribution in [0.15, 0.2) is 24.3 Å². The summed E-state index contributed by atoms with van der Waals surface area (Å²) < 4.78 is 5.59. The Kier molecular flexibility index (Phi) is 1.92. The monoisotopic (exact) mass is 332 g/mol. The second-order valence-electron chi connectivity index (χ2n) is 9.30. The lowest BCUT2D eigenvalue weighted by atomic mass is 9.95. The molecular formula is C21H24N4. The minimum absolute atomic E-state index is 0.0347. The lowest BCUT2D eigenvalue weighted by molar-refractivity contribution is -0.231. The van der Waals surface area contributed by atoms with Gasteiger partial charge in [0.05, 0.1) is 0 Å². The molecule has 2 saturated heterocycles.